The van der Waals surface area contributed by atoms with Gasteiger partial charge in [0.2, 0.25) is 0 Å². The van der Waals surface area contributed by atoms with Crippen molar-refractivity contribution >= 4 is 55.7 Å². The molecule has 0 aliphatic carbocycles. The molecule has 33 heteroatoms. The Bertz CT molecular complexity index is 1980. The van der Waals surface area contributed by atoms with E-state index in [2.05, 4.69) is 27.4 Å². The van der Waals surface area contributed by atoms with Gasteiger partial charge in [-0.2, -0.15) is 12.9 Å². The van der Waals surface area contributed by atoms with Gasteiger partial charge >= 0.3 is 42.7 Å². The highest BCUT2D eigenvalue weighted by atomic mass is 32.1. The molecule has 290 valence electrons. The summed E-state index contributed by atoms with van der Waals surface area (Å²) in [7, 11) is -23.9. The SMILES string of the molecule is O=c1[nH]c(=S)ccn1[C@@H]1O[C@H](C(O)OP(=O)(O)OP(=O)(O)OP(=O)(O)OP(=O)(O)O)[C@@H](O)[C@H]1O.O=c1[nH]c(=S)ccn1[C@@H]1O[C@H](CO)[C@@H](O)[C@H]1O. The third-order valence-electron chi connectivity index (χ3n) is 6.19. The molecule has 2 fully saturated rings. The molecule has 0 amide bonds. The van der Waals surface area contributed by atoms with Gasteiger partial charge in [0.1, 0.15) is 45.9 Å². The third kappa shape index (κ3) is 12.0. The van der Waals surface area contributed by atoms with Gasteiger partial charge in [-0.3, -0.25) is 23.6 Å². The summed E-state index contributed by atoms with van der Waals surface area (Å²) in [5.74, 6) is 0. The summed E-state index contributed by atoms with van der Waals surface area (Å²) in [6, 6.07) is 2.66. The average molecular weight is 856 g/mol. The monoisotopic (exact) mass is 856 g/mol. The van der Waals surface area contributed by atoms with Gasteiger partial charge in [-0.1, -0.05) is 24.4 Å². The summed E-state index contributed by atoms with van der Waals surface area (Å²) in [5, 5.41) is 58.3. The fraction of sp³-hybridized carbons (Fsp3) is 0.556. The van der Waals surface area contributed by atoms with Crippen molar-refractivity contribution in [2.75, 3.05) is 6.61 Å². The Morgan fingerprint density at radius 3 is 1.59 bits per heavy atom. The summed E-state index contributed by atoms with van der Waals surface area (Å²) in [4.78, 5) is 72.7. The number of hydrogen-bond acceptors (Lipinski definition) is 20. The molecule has 27 nitrogen and oxygen atoms in total. The number of aliphatic hydroxyl groups is 6. The highest BCUT2D eigenvalue weighted by Crippen LogP contribution is 2.70. The van der Waals surface area contributed by atoms with Crippen molar-refractivity contribution in [1.82, 2.24) is 19.1 Å². The molecular weight excluding hydrogens is 828 g/mol. The molecule has 0 spiro atoms. The standard InChI is InChI=1S/C9H16N2O18P4S.C9H12N2O5S/c12-4-5(13)7(11-2-1-3(34)10-9(11)15)25-6(4)8(14)26-31(19,20)28-33(23,24)29-32(21,22)27-30(16,17)18;12-3-4-6(13)7(14)8(16-4)11-2-1-5(17)10-9(11)15/h1-2,4-8,12-14H,(H,19,20)(H,21,22)(H,23,24)(H,10,15,34)(H2,16,17,18);1-2,4,6-8,12-14H,3H2,(H,10,15,17)/t4-,5+,6-,7+,8?;4-,6-,7-,8-/m01/s1. The first kappa shape index (κ1) is 43.8. The van der Waals surface area contributed by atoms with Crippen LogP contribution >= 0.6 is 55.7 Å². The molecule has 2 aromatic heterocycles. The van der Waals surface area contributed by atoms with Gasteiger partial charge in [-0.15, -0.1) is 0 Å². The second-order valence-electron chi connectivity index (χ2n) is 9.87. The molecule has 4 unspecified atom stereocenters. The van der Waals surface area contributed by atoms with Crippen LogP contribution in [0, 0.1) is 9.28 Å². The number of phosphoric acid groups is 4. The number of H-pyrrole nitrogens is 2. The molecule has 0 radical (unpaired) electrons. The van der Waals surface area contributed by atoms with Gasteiger partial charge in [-0.25, -0.2) is 27.8 Å². The zero-order valence-electron chi connectivity index (χ0n) is 24.5. The van der Waals surface area contributed by atoms with Crippen molar-refractivity contribution in [3.05, 3.63) is 54.8 Å². The third-order valence-corrected chi connectivity index (χ3v) is 12.1. The van der Waals surface area contributed by atoms with Gasteiger partial charge in [-0.05, 0) is 12.1 Å². The molecule has 4 heterocycles. The van der Waals surface area contributed by atoms with E-state index < -0.39 is 105 Å². The van der Waals surface area contributed by atoms with Crippen LogP contribution in [0.2, 0.25) is 0 Å². The van der Waals surface area contributed by atoms with Crippen LogP contribution in [0.15, 0.2) is 34.1 Å². The Morgan fingerprint density at radius 1 is 0.725 bits per heavy atom. The van der Waals surface area contributed by atoms with Crippen molar-refractivity contribution in [3.63, 3.8) is 0 Å². The second kappa shape index (κ2) is 16.8. The summed E-state index contributed by atoms with van der Waals surface area (Å²) < 4.78 is 71.9. The van der Waals surface area contributed by atoms with Crippen molar-refractivity contribution in [2.24, 2.45) is 0 Å². The van der Waals surface area contributed by atoms with Crippen molar-refractivity contribution in [3.8, 4) is 0 Å². The first-order valence-corrected chi connectivity index (χ1v) is 19.9. The molecule has 4 rings (SSSR count). The van der Waals surface area contributed by atoms with E-state index in [1.54, 1.807) is 0 Å². The van der Waals surface area contributed by atoms with Crippen LogP contribution in [0.25, 0.3) is 0 Å². The fourth-order valence-electron chi connectivity index (χ4n) is 4.16. The number of aliphatic hydroxyl groups excluding tert-OH is 6. The van der Waals surface area contributed by atoms with E-state index >= 15 is 0 Å². The number of nitrogens with zero attached hydrogens (tertiary/aromatic N) is 2. The minimum absolute atomic E-state index is 0.00171. The Morgan fingerprint density at radius 2 is 1.16 bits per heavy atom. The summed E-state index contributed by atoms with van der Waals surface area (Å²) in [6.07, 6.45) is -12.6. The Hall–Kier alpha value is -1.56. The zero-order chi connectivity index (χ0) is 38.9. The minimum atomic E-state index is -6.15. The van der Waals surface area contributed by atoms with Crippen LogP contribution in [0.5, 0.6) is 0 Å². The van der Waals surface area contributed by atoms with Crippen LogP contribution in [0.1, 0.15) is 12.5 Å². The second-order valence-corrected chi connectivity index (χ2v) is 16.7. The number of aromatic nitrogens is 4. The van der Waals surface area contributed by atoms with E-state index in [0.717, 1.165) is 10.8 Å². The first-order valence-electron chi connectivity index (χ1n) is 13.1. The van der Waals surface area contributed by atoms with E-state index in [1.165, 1.54) is 18.3 Å². The quantitative estimate of drug-likeness (QED) is 0.0568. The van der Waals surface area contributed by atoms with Gasteiger partial charge in [0.05, 0.1) is 6.61 Å². The van der Waals surface area contributed by atoms with Crippen LogP contribution in [0.3, 0.4) is 0 Å². The van der Waals surface area contributed by atoms with E-state index in [9.17, 15) is 63.2 Å². The predicted molar refractivity (Wildman–Crippen MR) is 163 cm³/mol. The minimum Gasteiger partial charge on any atom is -0.394 e. The molecular formula is C18H28N4O23P4S2. The Balaban J connectivity index is 0.000000343. The molecule has 2 aromatic rings. The molecule has 51 heavy (non-hydrogen) atoms. The van der Waals surface area contributed by atoms with Crippen molar-refractivity contribution in [2.45, 2.75) is 55.4 Å². The molecule has 12 atom stereocenters. The maximum absolute atomic E-state index is 11.9. The van der Waals surface area contributed by atoms with E-state index in [0.29, 0.717) is 4.57 Å². The number of hydrogen-bond donors (Lipinski definition) is 13. The highest BCUT2D eigenvalue weighted by molar-refractivity contribution is 7.71. The maximum atomic E-state index is 11.9. The van der Waals surface area contributed by atoms with Gasteiger partial charge in [0.25, 0.3) is 0 Å². The molecule has 2 aliphatic heterocycles. The largest absolute Gasteiger partial charge is 0.490 e. The van der Waals surface area contributed by atoms with Gasteiger partial charge in [0, 0.05) is 12.4 Å². The fourth-order valence-corrected chi connectivity index (χ4v) is 8.94. The average Bonchev–Trinajstić information content (AvgIpc) is 3.40. The van der Waals surface area contributed by atoms with E-state index in [4.69, 9.17) is 53.7 Å². The number of aromatic amines is 2. The number of ether oxygens (including phenoxy) is 2. The van der Waals surface area contributed by atoms with Crippen molar-refractivity contribution < 1.29 is 100 Å². The van der Waals surface area contributed by atoms with Gasteiger partial charge in [0.15, 0.2) is 18.7 Å². The van der Waals surface area contributed by atoms with Crippen LogP contribution in [0.4, 0.5) is 0 Å². The lowest BCUT2D eigenvalue weighted by Crippen LogP contribution is -2.39. The Labute approximate surface area is 291 Å². The Kier molecular flexibility index (Phi) is 14.5. The summed E-state index contributed by atoms with van der Waals surface area (Å²) in [5.41, 5.74) is -1.47. The lowest BCUT2D eigenvalue weighted by Gasteiger charge is -2.24. The summed E-state index contributed by atoms with van der Waals surface area (Å²) in [6.45, 7) is -0.438. The molecule has 13 N–H and O–H groups in total. The smallest absolute Gasteiger partial charge is 0.394 e. The van der Waals surface area contributed by atoms with Crippen LogP contribution in [-0.4, -0.2) is 124 Å². The van der Waals surface area contributed by atoms with Crippen LogP contribution in [-0.2, 0) is 45.2 Å². The lowest BCUT2D eigenvalue weighted by atomic mass is 10.1. The highest BCUT2D eigenvalue weighted by Gasteiger charge is 2.51. The predicted octanol–water partition coefficient (Wildman–Crippen LogP) is -3.18. The van der Waals surface area contributed by atoms with Crippen LogP contribution < -0.4 is 11.4 Å². The molecule has 0 aromatic carbocycles. The number of nitrogens with one attached hydrogen (secondary N) is 2. The first-order chi connectivity index (χ1) is 23.3. The lowest BCUT2D eigenvalue weighted by molar-refractivity contribution is -0.161. The topological polar surface area (TPSA) is 422 Å². The van der Waals surface area contributed by atoms with E-state index in [-0.39, 0.29) is 9.28 Å². The number of phosphoric ester groups is 1. The molecule has 0 saturated carbocycles. The zero-order valence-corrected chi connectivity index (χ0v) is 29.7. The summed E-state index contributed by atoms with van der Waals surface area (Å²) >= 11 is 9.50. The normalized spacial score (nSPS) is 30.7. The van der Waals surface area contributed by atoms with E-state index in [1.807, 2.05) is 0 Å². The van der Waals surface area contributed by atoms with Crippen molar-refractivity contribution in [1.29, 1.82) is 0 Å². The maximum Gasteiger partial charge on any atom is 0.490 e. The molecule has 2 aliphatic rings. The van der Waals surface area contributed by atoms with Gasteiger partial charge < -0.3 is 64.6 Å². The number of rotatable bonds is 12. The molecule has 2 saturated heterocycles. The molecule has 0 bridgehead atoms.